The molecule has 4 rings (SSSR count). The first-order valence-corrected chi connectivity index (χ1v) is 9.79. The van der Waals surface area contributed by atoms with E-state index in [2.05, 4.69) is 22.8 Å². The lowest BCUT2D eigenvalue weighted by molar-refractivity contribution is 0.0600. The molecule has 0 bridgehead atoms. The maximum Gasteiger partial charge on any atom is 0.337 e. The van der Waals surface area contributed by atoms with Crippen LogP contribution in [0.2, 0.25) is 0 Å². The van der Waals surface area contributed by atoms with Crippen molar-refractivity contribution in [2.24, 2.45) is 0 Å². The molecule has 1 aromatic heterocycles. The highest BCUT2D eigenvalue weighted by atomic mass is 16.5. The number of aromatic nitrogens is 1. The fourth-order valence-corrected chi connectivity index (χ4v) is 4.09. The number of carbonyl (C=O) groups excluding carboxylic acids is 1. The van der Waals surface area contributed by atoms with Gasteiger partial charge >= 0.3 is 11.9 Å². The number of ether oxygens (including phenoxy) is 1. The summed E-state index contributed by atoms with van der Waals surface area (Å²) < 4.78 is 7.10. The molecule has 0 aliphatic heterocycles. The molecule has 148 valence electrons. The fourth-order valence-electron chi connectivity index (χ4n) is 4.09. The van der Waals surface area contributed by atoms with E-state index < -0.39 is 11.9 Å². The number of hydrogen-bond donors (Lipinski definition) is 1. The monoisotopic (exact) mass is 389 g/mol. The summed E-state index contributed by atoms with van der Waals surface area (Å²) in [4.78, 5) is 23.8. The molecule has 1 aliphatic rings. The van der Waals surface area contributed by atoms with Crippen LogP contribution in [0.5, 0.6) is 0 Å². The topological polar surface area (TPSA) is 68.5 Å². The van der Waals surface area contributed by atoms with Crippen molar-refractivity contribution in [2.45, 2.75) is 32.2 Å². The number of carboxylic acid groups (broad SMARTS) is 1. The van der Waals surface area contributed by atoms with Gasteiger partial charge in [0.1, 0.15) is 0 Å². The highest BCUT2D eigenvalue weighted by Gasteiger charge is 2.21. The maximum atomic E-state index is 12.1. The largest absolute Gasteiger partial charge is 0.478 e. The van der Waals surface area contributed by atoms with E-state index in [4.69, 9.17) is 4.74 Å². The predicted octanol–water partition coefficient (Wildman–Crippen LogP) is 4.57. The number of carboxylic acids is 1. The molecule has 0 saturated carbocycles. The smallest absolute Gasteiger partial charge is 0.337 e. The van der Waals surface area contributed by atoms with Crippen LogP contribution in [0.1, 0.15) is 50.4 Å². The number of carbonyl (C=O) groups is 2. The van der Waals surface area contributed by atoms with E-state index >= 15 is 0 Å². The van der Waals surface area contributed by atoms with Gasteiger partial charge < -0.3 is 14.4 Å². The normalized spacial score (nSPS) is 13.0. The van der Waals surface area contributed by atoms with Crippen molar-refractivity contribution in [1.82, 2.24) is 4.57 Å². The molecule has 0 radical (unpaired) electrons. The van der Waals surface area contributed by atoms with Gasteiger partial charge in [-0.15, -0.1) is 0 Å². The van der Waals surface area contributed by atoms with Gasteiger partial charge in [0.15, 0.2) is 0 Å². The van der Waals surface area contributed by atoms with Crippen LogP contribution in [0.3, 0.4) is 0 Å². The molecule has 1 N–H and O–H groups in total. The second-order valence-electron chi connectivity index (χ2n) is 7.38. The Hall–Kier alpha value is -3.34. The molecule has 5 nitrogen and oxygen atoms in total. The minimum atomic E-state index is -1.07. The number of fused-ring (bicyclic) bond motifs is 1. The molecular weight excluding hydrogens is 366 g/mol. The van der Waals surface area contributed by atoms with Crippen LogP contribution in [0, 0.1) is 0 Å². The van der Waals surface area contributed by atoms with Crippen molar-refractivity contribution >= 4 is 11.9 Å². The molecule has 1 aliphatic carbocycles. The second kappa shape index (κ2) is 7.95. The van der Waals surface area contributed by atoms with E-state index in [9.17, 15) is 14.7 Å². The van der Waals surface area contributed by atoms with Crippen molar-refractivity contribution in [3.63, 3.8) is 0 Å². The molecule has 0 saturated heterocycles. The van der Waals surface area contributed by atoms with E-state index in [1.54, 1.807) is 12.1 Å². The number of esters is 1. The lowest BCUT2D eigenvalue weighted by Gasteiger charge is -2.18. The van der Waals surface area contributed by atoms with Gasteiger partial charge in [-0.1, -0.05) is 30.3 Å². The summed E-state index contributed by atoms with van der Waals surface area (Å²) in [6, 6.07) is 17.1. The molecule has 29 heavy (non-hydrogen) atoms. The average Bonchev–Trinajstić information content (AvgIpc) is 3.12. The Labute approximate surface area is 169 Å². The molecule has 1 heterocycles. The molecule has 5 heteroatoms. The third-order valence-corrected chi connectivity index (χ3v) is 5.49. The summed E-state index contributed by atoms with van der Waals surface area (Å²) in [5, 5.41) is 9.54. The molecule has 0 spiro atoms. The SMILES string of the molecule is COC(=O)c1cc(C(=O)O)cc(-c2cc3c(n2Cc2ccccc2)CCCC3)c1. The van der Waals surface area contributed by atoms with E-state index in [1.807, 2.05) is 18.2 Å². The number of rotatable bonds is 5. The number of nitrogens with zero attached hydrogens (tertiary/aromatic N) is 1. The number of aromatic carboxylic acids is 1. The first-order valence-electron chi connectivity index (χ1n) is 9.79. The van der Waals surface area contributed by atoms with Gasteiger partial charge in [-0.2, -0.15) is 0 Å². The van der Waals surface area contributed by atoms with E-state index in [-0.39, 0.29) is 11.1 Å². The maximum absolute atomic E-state index is 12.1. The summed E-state index contributed by atoms with van der Waals surface area (Å²) in [5.41, 5.74) is 5.77. The third-order valence-electron chi connectivity index (χ3n) is 5.49. The molecular formula is C24H23NO4. The van der Waals surface area contributed by atoms with Crippen LogP contribution in [0.25, 0.3) is 11.3 Å². The first kappa shape index (κ1) is 19.0. The fraction of sp³-hybridized carbons (Fsp3) is 0.250. The van der Waals surface area contributed by atoms with Crippen LogP contribution in [0.4, 0.5) is 0 Å². The lowest BCUT2D eigenvalue weighted by atomic mass is 9.97. The lowest BCUT2D eigenvalue weighted by Crippen LogP contribution is -2.11. The van der Waals surface area contributed by atoms with Crippen LogP contribution >= 0.6 is 0 Å². The number of benzene rings is 2. The summed E-state index contributed by atoms with van der Waals surface area (Å²) >= 11 is 0. The first-order chi connectivity index (χ1) is 14.1. The van der Waals surface area contributed by atoms with E-state index in [0.717, 1.165) is 36.9 Å². The third kappa shape index (κ3) is 3.81. The van der Waals surface area contributed by atoms with Crippen LogP contribution < -0.4 is 0 Å². The van der Waals surface area contributed by atoms with Gasteiger partial charge in [0.05, 0.1) is 18.2 Å². The molecule has 3 aromatic rings. The van der Waals surface area contributed by atoms with Crippen molar-refractivity contribution in [3.05, 3.63) is 82.5 Å². The molecule has 2 aromatic carbocycles. The summed E-state index contributed by atoms with van der Waals surface area (Å²) in [6.45, 7) is 0.705. The van der Waals surface area contributed by atoms with Crippen LogP contribution in [0.15, 0.2) is 54.6 Å². The summed E-state index contributed by atoms with van der Waals surface area (Å²) in [7, 11) is 1.30. The minimum absolute atomic E-state index is 0.0772. The van der Waals surface area contributed by atoms with Crippen LogP contribution in [-0.2, 0) is 24.1 Å². The molecule has 0 atom stereocenters. The second-order valence-corrected chi connectivity index (χ2v) is 7.38. The highest BCUT2D eigenvalue weighted by molar-refractivity contribution is 5.96. The molecule has 0 fully saturated rings. The van der Waals surface area contributed by atoms with Gasteiger partial charge in [-0.3, -0.25) is 0 Å². The van der Waals surface area contributed by atoms with Crippen molar-refractivity contribution in [3.8, 4) is 11.3 Å². The Kier molecular flexibility index (Phi) is 5.21. The zero-order valence-electron chi connectivity index (χ0n) is 16.4. The molecule has 0 amide bonds. The summed E-state index contributed by atoms with van der Waals surface area (Å²) in [6.07, 6.45) is 4.33. The van der Waals surface area contributed by atoms with Crippen molar-refractivity contribution < 1.29 is 19.4 Å². The Balaban J connectivity index is 1.88. The van der Waals surface area contributed by atoms with Gasteiger partial charge in [0.25, 0.3) is 0 Å². The Bertz CT molecular complexity index is 1070. The Morgan fingerprint density at radius 1 is 1.00 bits per heavy atom. The number of methoxy groups -OCH3 is 1. The van der Waals surface area contributed by atoms with E-state index in [0.29, 0.717) is 6.54 Å². The van der Waals surface area contributed by atoms with Gasteiger partial charge in [0, 0.05) is 17.9 Å². The van der Waals surface area contributed by atoms with E-state index in [1.165, 1.54) is 30.0 Å². The van der Waals surface area contributed by atoms with Crippen molar-refractivity contribution in [2.75, 3.05) is 7.11 Å². The molecule has 0 unspecified atom stereocenters. The minimum Gasteiger partial charge on any atom is -0.478 e. The van der Waals surface area contributed by atoms with Gasteiger partial charge in [0.2, 0.25) is 0 Å². The number of hydrogen-bond acceptors (Lipinski definition) is 3. The average molecular weight is 389 g/mol. The Morgan fingerprint density at radius 3 is 2.45 bits per heavy atom. The Morgan fingerprint density at radius 2 is 1.72 bits per heavy atom. The quantitative estimate of drug-likeness (QED) is 0.649. The zero-order chi connectivity index (χ0) is 20.4. The van der Waals surface area contributed by atoms with Gasteiger partial charge in [-0.25, -0.2) is 9.59 Å². The zero-order valence-corrected chi connectivity index (χ0v) is 16.4. The standard InChI is InChI=1S/C24H23NO4/c1-29-24(28)20-12-18(11-19(13-20)23(26)27)22-14-17-9-5-6-10-21(17)25(22)15-16-7-3-2-4-8-16/h2-4,7-8,11-14H,5-6,9-10,15H2,1H3,(H,26,27). The number of aryl methyl sites for hydroxylation is 1. The van der Waals surface area contributed by atoms with Crippen molar-refractivity contribution in [1.29, 1.82) is 0 Å². The highest BCUT2D eigenvalue weighted by Crippen LogP contribution is 2.33. The van der Waals surface area contributed by atoms with Crippen LogP contribution in [-0.4, -0.2) is 28.7 Å². The predicted molar refractivity (Wildman–Crippen MR) is 110 cm³/mol. The van der Waals surface area contributed by atoms with Gasteiger partial charge in [-0.05, 0) is 66.6 Å². The summed E-state index contributed by atoms with van der Waals surface area (Å²) in [5.74, 6) is -1.61.